The third-order valence-electron chi connectivity index (χ3n) is 3.39. The van der Waals surface area contributed by atoms with Crippen molar-refractivity contribution in [2.24, 2.45) is 0 Å². The van der Waals surface area contributed by atoms with Gasteiger partial charge in [0.2, 0.25) is 0 Å². The number of ether oxygens (including phenoxy) is 1. The molecule has 1 aromatic carbocycles. The lowest BCUT2D eigenvalue weighted by molar-refractivity contribution is -0.136. The average molecular weight is 250 g/mol. The Hall–Kier alpha value is -1.71. The summed E-state index contributed by atoms with van der Waals surface area (Å²) in [6.07, 6.45) is 0.900. The molecule has 0 spiro atoms. The number of likely N-dealkylation sites (N-methyl/N-ethyl adjacent to an activating group) is 1. The van der Waals surface area contributed by atoms with Gasteiger partial charge in [-0.3, -0.25) is 4.79 Å². The summed E-state index contributed by atoms with van der Waals surface area (Å²) in [6.45, 7) is 6.18. The van der Waals surface area contributed by atoms with E-state index in [-0.39, 0.29) is 18.1 Å². The number of anilines is 1. The van der Waals surface area contributed by atoms with Gasteiger partial charge in [0.25, 0.3) is 5.91 Å². The van der Waals surface area contributed by atoms with Crippen molar-refractivity contribution in [3.63, 3.8) is 0 Å². The minimum absolute atomic E-state index is 0.0290. The van der Waals surface area contributed by atoms with Crippen LogP contribution in [0.5, 0.6) is 5.75 Å². The van der Waals surface area contributed by atoms with Gasteiger partial charge >= 0.3 is 0 Å². The largest absolute Gasteiger partial charge is 0.484 e. The van der Waals surface area contributed by atoms with Crippen LogP contribution in [-0.2, 0) is 4.79 Å². The molecule has 18 heavy (non-hydrogen) atoms. The van der Waals surface area contributed by atoms with E-state index in [0.29, 0.717) is 11.4 Å². The van der Waals surface area contributed by atoms with Crippen LogP contribution < -0.4 is 10.5 Å². The van der Waals surface area contributed by atoms with Crippen LogP contribution in [0.1, 0.15) is 27.2 Å². The van der Waals surface area contributed by atoms with Crippen LogP contribution in [0.2, 0.25) is 0 Å². The van der Waals surface area contributed by atoms with Gasteiger partial charge in [-0.05, 0) is 44.5 Å². The lowest BCUT2D eigenvalue weighted by Gasteiger charge is -2.34. The van der Waals surface area contributed by atoms with Crippen LogP contribution >= 0.6 is 0 Å². The monoisotopic (exact) mass is 250 g/mol. The zero-order valence-electron chi connectivity index (χ0n) is 11.6. The van der Waals surface area contributed by atoms with Crippen molar-refractivity contribution in [1.29, 1.82) is 0 Å². The normalized spacial score (nSPS) is 11.1. The Morgan fingerprint density at radius 3 is 2.39 bits per heavy atom. The van der Waals surface area contributed by atoms with Crippen LogP contribution in [0.25, 0.3) is 0 Å². The summed E-state index contributed by atoms with van der Waals surface area (Å²) in [5.41, 5.74) is 6.10. The van der Waals surface area contributed by atoms with Gasteiger partial charge < -0.3 is 15.4 Å². The van der Waals surface area contributed by atoms with Gasteiger partial charge in [-0.2, -0.15) is 0 Å². The van der Waals surface area contributed by atoms with Crippen molar-refractivity contribution < 1.29 is 9.53 Å². The lowest BCUT2D eigenvalue weighted by Crippen LogP contribution is -2.46. The highest BCUT2D eigenvalue weighted by atomic mass is 16.5. The van der Waals surface area contributed by atoms with Crippen LogP contribution in [0, 0.1) is 0 Å². The molecular formula is C14H22N2O2. The fraction of sp³-hybridized carbons (Fsp3) is 0.500. The van der Waals surface area contributed by atoms with Gasteiger partial charge in [0, 0.05) is 18.3 Å². The smallest absolute Gasteiger partial charge is 0.260 e. The molecule has 0 aromatic heterocycles. The van der Waals surface area contributed by atoms with Crippen LogP contribution in [-0.4, -0.2) is 30.0 Å². The number of rotatable bonds is 5. The average Bonchev–Trinajstić information content (AvgIpc) is 2.36. The van der Waals surface area contributed by atoms with Crippen molar-refractivity contribution >= 4 is 11.6 Å². The molecule has 0 aliphatic carbocycles. The van der Waals surface area contributed by atoms with Crippen molar-refractivity contribution in [3.05, 3.63) is 24.3 Å². The van der Waals surface area contributed by atoms with E-state index in [1.54, 1.807) is 36.2 Å². The van der Waals surface area contributed by atoms with Gasteiger partial charge in [0.1, 0.15) is 5.75 Å². The van der Waals surface area contributed by atoms with E-state index in [4.69, 9.17) is 10.5 Å². The standard InChI is InChI=1S/C14H22N2O2/c1-5-14(2,3)16(4)13(17)10-18-12-8-6-11(15)7-9-12/h6-9H,5,10,15H2,1-4H3. The maximum absolute atomic E-state index is 12.0. The summed E-state index contributed by atoms with van der Waals surface area (Å²) in [4.78, 5) is 13.7. The van der Waals surface area contributed by atoms with Crippen molar-refractivity contribution in [1.82, 2.24) is 4.90 Å². The molecule has 0 bridgehead atoms. The van der Waals surface area contributed by atoms with E-state index < -0.39 is 0 Å². The quantitative estimate of drug-likeness (QED) is 0.816. The molecule has 0 saturated heterocycles. The number of carbonyl (C=O) groups excluding carboxylic acids is 1. The molecule has 1 rings (SSSR count). The van der Waals surface area contributed by atoms with Gasteiger partial charge in [0.15, 0.2) is 6.61 Å². The molecule has 0 saturated carbocycles. The number of benzene rings is 1. The molecule has 0 aliphatic heterocycles. The molecule has 4 nitrogen and oxygen atoms in total. The number of carbonyl (C=O) groups is 1. The Kier molecular flexibility index (Phi) is 4.59. The number of nitrogens with zero attached hydrogens (tertiary/aromatic N) is 1. The molecule has 1 aromatic rings. The fourth-order valence-electron chi connectivity index (χ4n) is 1.38. The molecule has 0 heterocycles. The Bertz CT molecular complexity index is 399. The Balaban J connectivity index is 2.53. The number of hydrogen-bond donors (Lipinski definition) is 1. The Labute approximate surface area is 109 Å². The zero-order chi connectivity index (χ0) is 13.8. The highest BCUT2D eigenvalue weighted by Gasteiger charge is 2.25. The van der Waals surface area contributed by atoms with Gasteiger partial charge in [0.05, 0.1) is 0 Å². The predicted octanol–water partition coefficient (Wildman–Crippen LogP) is 2.29. The molecule has 1 amide bonds. The predicted molar refractivity (Wildman–Crippen MR) is 73.5 cm³/mol. The van der Waals surface area contributed by atoms with E-state index in [0.717, 1.165) is 6.42 Å². The molecule has 0 fully saturated rings. The number of nitrogen functional groups attached to an aromatic ring is 1. The Morgan fingerprint density at radius 1 is 1.33 bits per heavy atom. The lowest BCUT2D eigenvalue weighted by atomic mass is 10.00. The maximum Gasteiger partial charge on any atom is 0.260 e. The second-order valence-electron chi connectivity index (χ2n) is 4.98. The van der Waals surface area contributed by atoms with E-state index in [2.05, 4.69) is 6.92 Å². The van der Waals surface area contributed by atoms with Gasteiger partial charge in [-0.15, -0.1) is 0 Å². The first kappa shape index (κ1) is 14.4. The summed E-state index contributed by atoms with van der Waals surface area (Å²) >= 11 is 0. The molecule has 100 valence electrons. The molecule has 2 N–H and O–H groups in total. The summed E-state index contributed by atoms with van der Waals surface area (Å²) in [5.74, 6) is 0.624. The highest BCUT2D eigenvalue weighted by Crippen LogP contribution is 2.17. The maximum atomic E-state index is 12.0. The topological polar surface area (TPSA) is 55.6 Å². The third kappa shape index (κ3) is 3.65. The summed E-state index contributed by atoms with van der Waals surface area (Å²) < 4.78 is 5.44. The van der Waals surface area contributed by atoms with Crippen molar-refractivity contribution in [2.45, 2.75) is 32.7 Å². The second-order valence-corrected chi connectivity index (χ2v) is 4.98. The first-order valence-electron chi connectivity index (χ1n) is 6.12. The highest BCUT2D eigenvalue weighted by molar-refractivity contribution is 5.78. The van der Waals surface area contributed by atoms with Crippen LogP contribution in [0.15, 0.2) is 24.3 Å². The molecule has 0 atom stereocenters. The van der Waals surface area contributed by atoms with Crippen LogP contribution in [0.3, 0.4) is 0 Å². The molecule has 0 unspecified atom stereocenters. The van der Waals surface area contributed by atoms with E-state index in [1.165, 1.54) is 0 Å². The van der Waals surface area contributed by atoms with Crippen molar-refractivity contribution in [3.8, 4) is 5.75 Å². The van der Waals surface area contributed by atoms with Crippen LogP contribution in [0.4, 0.5) is 5.69 Å². The summed E-state index contributed by atoms with van der Waals surface area (Å²) in [7, 11) is 1.80. The molecule has 0 aliphatic rings. The minimum atomic E-state index is -0.151. The first-order valence-corrected chi connectivity index (χ1v) is 6.12. The second kappa shape index (κ2) is 5.76. The van der Waals surface area contributed by atoms with Gasteiger partial charge in [-0.25, -0.2) is 0 Å². The van der Waals surface area contributed by atoms with E-state index in [1.807, 2.05) is 13.8 Å². The number of amides is 1. The van der Waals surface area contributed by atoms with E-state index >= 15 is 0 Å². The first-order chi connectivity index (χ1) is 8.36. The van der Waals surface area contributed by atoms with Crippen molar-refractivity contribution in [2.75, 3.05) is 19.4 Å². The number of nitrogens with two attached hydrogens (primary N) is 1. The van der Waals surface area contributed by atoms with Gasteiger partial charge in [-0.1, -0.05) is 6.92 Å². The Morgan fingerprint density at radius 2 is 1.89 bits per heavy atom. The minimum Gasteiger partial charge on any atom is -0.484 e. The summed E-state index contributed by atoms with van der Waals surface area (Å²) in [6, 6.07) is 7.01. The molecule has 0 radical (unpaired) electrons. The number of hydrogen-bond acceptors (Lipinski definition) is 3. The molecule has 4 heteroatoms. The van der Waals surface area contributed by atoms with E-state index in [9.17, 15) is 4.79 Å². The third-order valence-corrected chi connectivity index (χ3v) is 3.39. The summed E-state index contributed by atoms with van der Waals surface area (Å²) in [5, 5.41) is 0. The molecular weight excluding hydrogens is 228 g/mol. The zero-order valence-corrected chi connectivity index (χ0v) is 11.6. The SMILES string of the molecule is CCC(C)(C)N(C)C(=O)COc1ccc(N)cc1. The fourth-order valence-corrected chi connectivity index (χ4v) is 1.38.